The van der Waals surface area contributed by atoms with Gasteiger partial charge in [0.2, 0.25) is 0 Å². The van der Waals surface area contributed by atoms with E-state index in [1.54, 1.807) is 13.2 Å². The Labute approximate surface area is 186 Å². The van der Waals surface area contributed by atoms with E-state index in [0.29, 0.717) is 17.3 Å². The van der Waals surface area contributed by atoms with Crippen LogP contribution >= 0.6 is 11.6 Å². The molecule has 1 aromatic heterocycles. The largest absolute Gasteiger partial charge is 0.495 e. The Hall–Kier alpha value is -3.32. The number of benzene rings is 2. The lowest BCUT2D eigenvalue weighted by Crippen LogP contribution is -2.47. The molecule has 0 saturated carbocycles. The lowest BCUT2D eigenvalue weighted by Gasteiger charge is -2.37. The van der Waals surface area contributed by atoms with Gasteiger partial charge >= 0.3 is 0 Å². The van der Waals surface area contributed by atoms with Crippen LogP contribution in [0.5, 0.6) is 5.75 Å². The Bertz CT molecular complexity index is 1110. The van der Waals surface area contributed by atoms with Gasteiger partial charge in [-0.25, -0.2) is 0 Å². The molecule has 0 spiro atoms. The highest BCUT2D eigenvalue weighted by Gasteiger charge is 2.24. The maximum Gasteiger partial charge on any atom is 0.272 e. The molecule has 2 aromatic carbocycles. The summed E-state index contributed by atoms with van der Waals surface area (Å²) < 4.78 is 5.51. The van der Waals surface area contributed by atoms with Gasteiger partial charge in [0.05, 0.1) is 12.8 Å². The standard InChI is InChI=1S/C23H24ClN5O2/c1-3-10-25-23(30)21-17-6-4-5-7-18(17)22(27-26-21)29-13-11-28(12-14-29)19-15-16(24)8-9-20(19)31-2/h3-9,15H,1,10-14H2,2H3,(H,25,30). The van der Waals surface area contributed by atoms with E-state index in [2.05, 4.69) is 31.9 Å². The maximum atomic E-state index is 12.5. The van der Waals surface area contributed by atoms with Crippen LogP contribution in [0.4, 0.5) is 11.5 Å². The van der Waals surface area contributed by atoms with Gasteiger partial charge in [0.25, 0.3) is 5.91 Å². The third kappa shape index (κ3) is 4.27. The van der Waals surface area contributed by atoms with Crippen LogP contribution in [0.1, 0.15) is 10.5 Å². The number of fused-ring (bicyclic) bond motifs is 1. The zero-order valence-electron chi connectivity index (χ0n) is 17.3. The van der Waals surface area contributed by atoms with Crippen molar-refractivity contribution in [3.63, 3.8) is 0 Å². The highest BCUT2D eigenvalue weighted by atomic mass is 35.5. The second-order valence-electron chi connectivity index (χ2n) is 7.21. The number of piperazine rings is 1. The molecule has 0 bridgehead atoms. The summed E-state index contributed by atoms with van der Waals surface area (Å²) in [5.74, 6) is 1.33. The molecule has 4 rings (SSSR count). The van der Waals surface area contributed by atoms with Crippen molar-refractivity contribution in [1.29, 1.82) is 0 Å². The molecule has 1 fully saturated rings. The average Bonchev–Trinajstić information content (AvgIpc) is 2.82. The second kappa shape index (κ2) is 9.22. The zero-order valence-corrected chi connectivity index (χ0v) is 18.1. The predicted molar refractivity (Wildman–Crippen MR) is 124 cm³/mol. The summed E-state index contributed by atoms with van der Waals surface area (Å²) in [7, 11) is 1.66. The van der Waals surface area contributed by atoms with Crippen LogP contribution in [0.2, 0.25) is 5.02 Å². The normalized spacial score (nSPS) is 13.9. The zero-order chi connectivity index (χ0) is 21.8. The van der Waals surface area contributed by atoms with E-state index in [1.807, 2.05) is 42.5 Å². The van der Waals surface area contributed by atoms with E-state index in [1.165, 1.54) is 0 Å². The number of nitrogens with zero attached hydrogens (tertiary/aromatic N) is 4. The number of aromatic nitrogens is 2. The second-order valence-corrected chi connectivity index (χ2v) is 7.64. The predicted octanol–water partition coefficient (Wildman–Crippen LogP) is 3.53. The highest BCUT2D eigenvalue weighted by Crippen LogP contribution is 2.33. The molecule has 160 valence electrons. The van der Waals surface area contributed by atoms with Crippen molar-refractivity contribution in [3.8, 4) is 5.75 Å². The Morgan fingerprint density at radius 3 is 2.55 bits per heavy atom. The number of rotatable bonds is 6. The molecular formula is C23H24ClN5O2. The molecule has 8 heteroatoms. The molecule has 0 radical (unpaired) electrons. The number of carbonyl (C=O) groups excluding carboxylic acids is 1. The van der Waals surface area contributed by atoms with Gasteiger partial charge in [-0.15, -0.1) is 16.8 Å². The Morgan fingerprint density at radius 1 is 1.13 bits per heavy atom. The SMILES string of the molecule is C=CCNC(=O)c1nnc(N2CCN(c3cc(Cl)ccc3OC)CC2)c2ccccc12. The number of carbonyl (C=O) groups is 1. The van der Waals surface area contributed by atoms with Crippen LogP contribution in [-0.4, -0.2) is 55.9 Å². The molecular weight excluding hydrogens is 414 g/mol. The lowest BCUT2D eigenvalue weighted by atomic mass is 10.1. The molecule has 1 aliphatic heterocycles. The monoisotopic (exact) mass is 437 g/mol. The molecule has 0 unspecified atom stereocenters. The molecule has 0 aliphatic carbocycles. The van der Waals surface area contributed by atoms with Gasteiger partial charge < -0.3 is 19.9 Å². The van der Waals surface area contributed by atoms with E-state index < -0.39 is 0 Å². The first-order chi connectivity index (χ1) is 15.1. The summed E-state index contributed by atoms with van der Waals surface area (Å²) >= 11 is 6.21. The van der Waals surface area contributed by atoms with Crippen molar-refractivity contribution in [2.75, 3.05) is 49.6 Å². The number of amides is 1. The smallest absolute Gasteiger partial charge is 0.272 e. The average molecular weight is 438 g/mol. The fraction of sp³-hybridized carbons (Fsp3) is 0.261. The van der Waals surface area contributed by atoms with Crippen molar-refractivity contribution >= 4 is 39.8 Å². The molecule has 3 aromatic rings. The summed E-state index contributed by atoms with van der Waals surface area (Å²) in [5, 5.41) is 13.8. The van der Waals surface area contributed by atoms with Crippen LogP contribution in [0.3, 0.4) is 0 Å². The Kier molecular flexibility index (Phi) is 6.23. The lowest BCUT2D eigenvalue weighted by molar-refractivity contribution is 0.0954. The first-order valence-electron chi connectivity index (χ1n) is 10.1. The van der Waals surface area contributed by atoms with Crippen molar-refractivity contribution in [2.45, 2.75) is 0 Å². The van der Waals surface area contributed by atoms with Crippen molar-refractivity contribution < 1.29 is 9.53 Å². The van der Waals surface area contributed by atoms with E-state index in [0.717, 1.165) is 54.2 Å². The summed E-state index contributed by atoms with van der Waals surface area (Å²) in [4.78, 5) is 16.9. The molecule has 31 heavy (non-hydrogen) atoms. The molecule has 2 heterocycles. The van der Waals surface area contributed by atoms with Gasteiger partial charge in [-0.05, 0) is 18.2 Å². The number of hydrogen-bond acceptors (Lipinski definition) is 6. The van der Waals surface area contributed by atoms with Gasteiger partial charge in [0.15, 0.2) is 11.5 Å². The highest BCUT2D eigenvalue weighted by molar-refractivity contribution is 6.31. The first-order valence-corrected chi connectivity index (χ1v) is 10.5. The molecule has 1 amide bonds. The minimum atomic E-state index is -0.256. The topological polar surface area (TPSA) is 70.6 Å². The van der Waals surface area contributed by atoms with Crippen LogP contribution < -0.4 is 19.9 Å². The third-order valence-electron chi connectivity index (χ3n) is 5.35. The molecule has 1 saturated heterocycles. The number of methoxy groups -OCH3 is 1. The van der Waals surface area contributed by atoms with Crippen LogP contribution in [0.25, 0.3) is 10.8 Å². The molecule has 1 aliphatic rings. The van der Waals surface area contributed by atoms with Gasteiger partial charge in [-0.1, -0.05) is 41.9 Å². The van der Waals surface area contributed by atoms with E-state index >= 15 is 0 Å². The first kappa shape index (κ1) is 20.9. The number of anilines is 2. The van der Waals surface area contributed by atoms with Crippen molar-refractivity contribution in [2.24, 2.45) is 0 Å². The minimum Gasteiger partial charge on any atom is -0.495 e. The molecule has 0 atom stereocenters. The summed E-state index contributed by atoms with van der Waals surface area (Å²) in [6, 6.07) is 13.4. The number of hydrogen-bond donors (Lipinski definition) is 1. The van der Waals surface area contributed by atoms with Gasteiger partial charge in [-0.3, -0.25) is 4.79 Å². The van der Waals surface area contributed by atoms with Crippen LogP contribution in [-0.2, 0) is 0 Å². The van der Waals surface area contributed by atoms with Gasteiger partial charge in [0, 0.05) is 48.5 Å². The molecule has 7 nitrogen and oxygen atoms in total. The van der Waals surface area contributed by atoms with E-state index in [9.17, 15) is 4.79 Å². The molecule has 1 N–H and O–H groups in total. The fourth-order valence-electron chi connectivity index (χ4n) is 3.81. The van der Waals surface area contributed by atoms with Crippen molar-refractivity contribution in [1.82, 2.24) is 15.5 Å². The summed E-state index contributed by atoms with van der Waals surface area (Å²) in [5.41, 5.74) is 1.31. The van der Waals surface area contributed by atoms with E-state index in [4.69, 9.17) is 16.3 Å². The van der Waals surface area contributed by atoms with Crippen LogP contribution in [0, 0.1) is 0 Å². The Balaban J connectivity index is 1.58. The number of halogens is 1. The third-order valence-corrected chi connectivity index (χ3v) is 5.59. The van der Waals surface area contributed by atoms with E-state index in [-0.39, 0.29) is 5.91 Å². The van der Waals surface area contributed by atoms with Crippen LogP contribution in [0.15, 0.2) is 55.1 Å². The number of ether oxygens (including phenoxy) is 1. The quantitative estimate of drug-likeness (QED) is 0.595. The minimum absolute atomic E-state index is 0.256. The summed E-state index contributed by atoms with van der Waals surface area (Å²) in [6.45, 7) is 7.10. The van der Waals surface area contributed by atoms with Gasteiger partial charge in [0.1, 0.15) is 5.75 Å². The Morgan fingerprint density at radius 2 is 1.84 bits per heavy atom. The van der Waals surface area contributed by atoms with Gasteiger partial charge in [-0.2, -0.15) is 0 Å². The summed E-state index contributed by atoms with van der Waals surface area (Å²) in [6.07, 6.45) is 1.64. The number of nitrogens with one attached hydrogen (secondary N) is 1. The van der Waals surface area contributed by atoms with Crippen molar-refractivity contribution in [3.05, 3.63) is 65.8 Å². The fourth-order valence-corrected chi connectivity index (χ4v) is 3.98. The maximum absolute atomic E-state index is 12.5.